The second-order valence-electron chi connectivity index (χ2n) is 15.5. The summed E-state index contributed by atoms with van der Waals surface area (Å²) in [4.78, 5) is 0. The Hall–Kier alpha value is -7.68. The van der Waals surface area contributed by atoms with Crippen molar-refractivity contribution in [2.45, 2.75) is 0 Å². The quantitative estimate of drug-likeness (QED) is 0.133. The fraction of sp³-hybridized carbons (Fsp3) is 0. The number of fused-ring (bicyclic) bond motifs is 14. The van der Waals surface area contributed by atoms with Crippen molar-refractivity contribution in [2.24, 2.45) is 0 Å². The molecule has 13 aromatic rings. The average molecular weight is 737 g/mol. The molecule has 2 heterocycles. The molecular formula is C56H32O2. The Labute approximate surface area is 332 Å². The molecule has 2 heteroatoms. The number of furan rings is 2. The summed E-state index contributed by atoms with van der Waals surface area (Å²) in [5.74, 6) is 0. The van der Waals surface area contributed by atoms with Crippen LogP contribution in [-0.2, 0) is 0 Å². The van der Waals surface area contributed by atoms with Crippen molar-refractivity contribution in [1.82, 2.24) is 0 Å². The number of hydrogen-bond donors (Lipinski definition) is 0. The van der Waals surface area contributed by atoms with Gasteiger partial charge in [0.1, 0.15) is 22.3 Å². The van der Waals surface area contributed by atoms with Crippen molar-refractivity contribution in [1.29, 1.82) is 0 Å². The molecule has 2 aromatic heterocycles. The lowest BCUT2D eigenvalue weighted by molar-refractivity contribution is 0.669. The largest absolute Gasteiger partial charge is 0.456 e. The Morgan fingerprint density at radius 2 is 0.759 bits per heavy atom. The Kier molecular flexibility index (Phi) is 6.47. The van der Waals surface area contributed by atoms with E-state index in [9.17, 15) is 0 Å². The second kappa shape index (κ2) is 11.9. The van der Waals surface area contributed by atoms with Gasteiger partial charge in [-0.1, -0.05) is 158 Å². The third kappa shape index (κ3) is 4.43. The summed E-state index contributed by atoms with van der Waals surface area (Å²) in [6, 6.07) is 70.2. The van der Waals surface area contributed by atoms with Gasteiger partial charge < -0.3 is 8.83 Å². The maximum Gasteiger partial charge on any atom is 0.143 e. The molecule has 0 spiro atoms. The summed E-state index contributed by atoms with van der Waals surface area (Å²) in [7, 11) is 0. The summed E-state index contributed by atoms with van der Waals surface area (Å²) < 4.78 is 13.4. The van der Waals surface area contributed by atoms with E-state index in [2.05, 4.69) is 194 Å². The third-order valence-corrected chi connectivity index (χ3v) is 12.4. The maximum absolute atomic E-state index is 6.77. The predicted octanol–water partition coefficient (Wildman–Crippen LogP) is 16.3. The van der Waals surface area contributed by atoms with Gasteiger partial charge in [0.2, 0.25) is 0 Å². The molecule has 0 aliphatic heterocycles. The lowest BCUT2D eigenvalue weighted by Crippen LogP contribution is -1.91. The van der Waals surface area contributed by atoms with Gasteiger partial charge in [0.25, 0.3) is 0 Å². The highest BCUT2D eigenvalue weighted by Gasteiger charge is 2.20. The summed E-state index contributed by atoms with van der Waals surface area (Å²) in [6.45, 7) is 0. The van der Waals surface area contributed by atoms with Crippen LogP contribution in [-0.4, -0.2) is 0 Å². The highest BCUT2D eigenvalue weighted by Crippen LogP contribution is 2.47. The lowest BCUT2D eigenvalue weighted by atomic mass is 9.84. The van der Waals surface area contributed by atoms with Crippen LogP contribution in [0.2, 0.25) is 0 Å². The molecule has 0 aliphatic carbocycles. The SMILES string of the molecule is c1ccc2c(-c3c4ccccc4c(-c4ccc5c(c4)oc4cc(-c6ccc7oc8c9ccccc9c9ccccc9c8c7c6)ccc45)c4ccccc34)cccc2c1. The highest BCUT2D eigenvalue weighted by molar-refractivity contribution is 6.30. The third-order valence-electron chi connectivity index (χ3n) is 12.4. The standard InChI is InChI=1S/C56H32O2/c1-2-14-37-33(12-1)13-11-23-42(37)54-46-20-8-6-18-44(46)53(45-19-7-9-21-47(45)54)36-25-28-41-40-27-24-35(31-51(40)57-52(41)32-36)34-26-29-50-49(30-34)55-43-17-5-3-15-38(43)39-16-4-10-22-48(39)56(55)58-50/h1-32H. The maximum atomic E-state index is 6.77. The van der Waals surface area contributed by atoms with Crippen LogP contribution in [0.15, 0.2) is 203 Å². The predicted molar refractivity (Wildman–Crippen MR) is 245 cm³/mol. The van der Waals surface area contributed by atoms with Crippen molar-refractivity contribution in [2.75, 3.05) is 0 Å². The highest BCUT2D eigenvalue weighted by atomic mass is 16.3. The van der Waals surface area contributed by atoms with E-state index in [1.165, 1.54) is 65.2 Å². The zero-order valence-electron chi connectivity index (χ0n) is 31.3. The molecule has 0 fully saturated rings. The first-order valence-corrected chi connectivity index (χ1v) is 19.9. The number of hydrogen-bond acceptors (Lipinski definition) is 2. The normalized spacial score (nSPS) is 12.1. The van der Waals surface area contributed by atoms with Gasteiger partial charge in [-0.3, -0.25) is 0 Å². The summed E-state index contributed by atoms with van der Waals surface area (Å²) in [5.41, 5.74) is 10.7. The first kappa shape index (κ1) is 31.5. The zero-order valence-corrected chi connectivity index (χ0v) is 31.3. The smallest absolute Gasteiger partial charge is 0.143 e. The summed E-state index contributed by atoms with van der Waals surface area (Å²) in [6.07, 6.45) is 0. The number of rotatable bonds is 3. The molecule has 0 N–H and O–H groups in total. The van der Waals surface area contributed by atoms with E-state index >= 15 is 0 Å². The van der Waals surface area contributed by atoms with Crippen LogP contribution < -0.4 is 0 Å². The Bertz CT molecular complexity index is 3800. The van der Waals surface area contributed by atoms with Gasteiger partial charge in [0.15, 0.2) is 0 Å². The van der Waals surface area contributed by atoms with Crippen LogP contribution in [0.25, 0.3) is 131 Å². The van der Waals surface area contributed by atoms with Gasteiger partial charge in [0.05, 0.1) is 0 Å². The van der Waals surface area contributed by atoms with E-state index < -0.39 is 0 Å². The minimum atomic E-state index is 0.874. The molecule has 0 atom stereocenters. The van der Waals surface area contributed by atoms with E-state index in [-0.39, 0.29) is 0 Å². The van der Waals surface area contributed by atoms with Gasteiger partial charge in [-0.05, 0) is 118 Å². The molecule has 0 saturated carbocycles. The molecular weight excluding hydrogens is 705 g/mol. The molecule has 0 saturated heterocycles. The van der Waals surface area contributed by atoms with E-state index in [1.807, 2.05) is 0 Å². The Balaban J connectivity index is 0.977. The average Bonchev–Trinajstić information content (AvgIpc) is 3.86. The molecule has 0 radical (unpaired) electrons. The van der Waals surface area contributed by atoms with Gasteiger partial charge >= 0.3 is 0 Å². The molecule has 0 bridgehead atoms. The topological polar surface area (TPSA) is 26.3 Å². The van der Waals surface area contributed by atoms with Crippen molar-refractivity contribution in [3.05, 3.63) is 194 Å². The first-order chi connectivity index (χ1) is 28.8. The van der Waals surface area contributed by atoms with Gasteiger partial charge in [-0.2, -0.15) is 0 Å². The fourth-order valence-electron chi connectivity index (χ4n) is 9.87. The van der Waals surface area contributed by atoms with Gasteiger partial charge in [0, 0.05) is 26.9 Å². The minimum Gasteiger partial charge on any atom is -0.456 e. The van der Waals surface area contributed by atoms with Crippen LogP contribution in [0.1, 0.15) is 0 Å². The molecule has 58 heavy (non-hydrogen) atoms. The minimum absolute atomic E-state index is 0.874. The van der Waals surface area contributed by atoms with Crippen molar-refractivity contribution in [3.8, 4) is 33.4 Å². The van der Waals surface area contributed by atoms with Gasteiger partial charge in [-0.25, -0.2) is 0 Å². The van der Waals surface area contributed by atoms with E-state index in [0.29, 0.717) is 0 Å². The first-order valence-electron chi connectivity index (χ1n) is 19.9. The van der Waals surface area contributed by atoms with Gasteiger partial charge in [-0.15, -0.1) is 0 Å². The second-order valence-corrected chi connectivity index (χ2v) is 15.5. The summed E-state index contributed by atoms with van der Waals surface area (Å²) >= 11 is 0. The monoisotopic (exact) mass is 736 g/mol. The summed E-state index contributed by atoms with van der Waals surface area (Å²) in [5, 5.41) is 16.7. The van der Waals surface area contributed by atoms with Crippen LogP contribution in [0, 0.1) is 0 Å². The Morgan fingerprint density at radius 1 is 0.259 bits per heavy atom. The number of benzene rings is 11. The molecule has 0 amide bonds. The van der Waals surface area contributed by atoms with Crippen LogP contribution in [0.4, 0.5) is 0 Å². The van der Waals surface area contributed by atoms with Crippen LogP contribution in [0.5, 0.6) is 0 Å². The van der Waals surface area contributed by atoms with E-state index in [1.54, 1.807) is 0 Å². The molecule has 2 nitrogen and oxygen atoms in total. The van der Waals surface area contributed by atoms with Crippen LogP contribution >= 0.6 is 0 Å². The zero-order chi connectivity index (χ0) is 37.9. The van der Waals surface area contributed by atoms with Crippen molar-refractivity contribution in [3.63, 3.8) is 0 Å². The Morgan fingerprint density at radius 3 is 1.47 bits per heavy atom. The van der Waals surface area contributed by atoms with Crippen molar-refractivity contribution < 1.29 is 8.83 Å². The fourth-order valence-corrected chi connectivity index (χ4v) is 9.87. The van der Waals surface area contributed by atoms with E-state index in [0.717, 1.165) is 66.0 Å². The molecule has 11 aromatic carbocycles. The van der Waals surface area contributed by atoms with E-state index in [4.69, 9.17) is 8.83 Å². The van der Waals surface area contributed by atoms with Crippen molar-refractivity contribution >= 4 is 97.7 Å². The lowest BCUT2D eigenvalue weighted by Gasteiger charge is -2.18. The molecule has 0 aliphatic rings. The van der Waals surface area contributed by atoms with Crippen LogP contribution in [0.3, 0.4) is 0 Å². The molecule has 13 rings (SSSR count). The molecule has 0 unspecified atom stereocenters. The molecule has 268 valence electrons.